The molecule has 0 unspecified atom stereocenters. The molecule has 0 radical (unpaired) electrons. The van der Waals surface area contributed by atoms with Gasteiger partial charge in [-0.1, -0.05) is 18.2 Å². The van der Waals surface area contributed by atoms with Gasteiger partial charge in [-0.05, 0) is 40.6 Å². The van der Waals surface area contributed by atoms with Crippen molar-refractivity contribution < 1.29 is 19.2 Å². The summed E-state index contributed by atoms with van der Waals surface area (Å²) in [6.07, 6.45) is 0. The second-order valence-corrected chi connectivity index (χ2v) is 5.89. The van der Waals surface area contributed by atoms with Crippen molar-refractivity contribution >= 4 is 22.7 Å². The molecule has 0 aliphatic rings. The third-order valence-corrected chi connectivity index (χ3v) is 4.13. The van der Waals surface area contributed by atoms with Gasteiger partial charge in [0.2, 0.25) is 5.75 Å². The Labute approximate surface area is 154 Å². The van der Waals surface area contributed by atoms with Crippen LogP contribution in [0.1, 0.15) is 27.3 Å². The molecule has 0 bridgehead atoms. The molecule has 8 nitrogen and oxygen atoms in total. The minimum Gasteiger partial charge on any atom is -0.479 e. The summed E-state index contributed by atoms with van der Waals surface area (Å²) in [6.45, 7) is 3.32. The van der Waals surface area contributed by atoms with Gasteiger partial charge in [-0.25, -0.2) is 9.78 Å². The summed E-state index contributed by atoms with van der Waals surface area (Å²) in [4.78, 5) is 31.3. The second-order valence-electron chi connectivity index (χ2n) is 5.89. The highest BCUT2D eigenvalue weighted by atomic mass is 16.6. The zero-order valence-corrected chi connectivity index (χ0v) is 15.1. The molecule has 0 aliphatic carbocycles. The van der Waals surface area contributed by atoms with Crippen LogP contribution in [0.3, 0.4) is 0 Å². The fourth-order valence-electron chi connectivity index (χ4n) is 2.84. The van der Waals surface area contributed by atoms with Crippen molar-refractivity contribution in [3.63, 3.8) is 0 Å². The molecule has 0 saturated carbocycles. The van der Waals surface area contributed by atoms with Crippen LogP contribution in [0.4, 0.5) is 5.82 Å². The maximum Gasteiger partial charge on any atom is 0.406 e. The number of aryl methyl sites for hydroxylation is 2. The van der Waals surface area contributed by atoms with Crippen molar-refractivity contribution in [1.29, 1.82) is 0 Å². The third kappa shape index (κ3) is 3.55. The predicted molar refractivity (Wildman–Crippen MR) is 97.8 cm³/mol. The van der Waals surface area contributed by atoms with Gasteiger partial charge in [0.15, 0.2) is 0 Å². The first kappa shape index (κ1) is 18.2. The molecule has 0 spiro atoms. The molecule has 138 valence electrons. The molecule has 0 aliphatic heterocycles. The van der Waals surface area contributed by atoms with Gasteiger partial charge in [0.1, 0.15) is 12.3 Å². The molecule has 3 aromatic rings. The van der Waals surface area contributed by atoms with Crippen LogP contribution in [0.2, 0.25) is 0 Å². The van der Waals surface area contributed by atoms with Crippen LogP contribution in [0, 0.1) is 24.0 Å². The highest BCUT2D eigenvalue weighted by Crippen LogP contribution is 2.28. The van der Waals surface area contributed by atoms with E-state index in [1.165, 1.54) is 13.2 Å². The van der Waals surface area contributed by atoms with Crippen LogP contribution in [0.15, 0.2) is 36.4 Å². The fraction of sp³-hybridized carbons (Fsp3) is 0.211. The maximum atomic E-state index is 12.3. The van der Waals surface area contributed by atoms with Crippen molar-refractivity contribution in [3.8, 4) is 5.75 Å². The molecular weight excluding hydrogens is 350 g/mol. The Balaban J connectivity index is 2.05. The molecule has 8 heteroatoms. The average Bonchev–Trinajstić information content (AvgIpc) is 2.66. The molecule has 0 N–H and O–H groups in total. The summed E-state index contributed by atoms with van der Waals surface area (Å²) < 4.78 is 10.5. The smallest absolute Gasteiger partial charge is 0.406 e. The van der Waals surface area contributed by atoms with E-state index < -0.39 is 10.9 Å². The molecule has 3 rings (SSSR count). The van der Waals surface area contributed by atoms with Gasteiger partial charge in [0.05, 0.1) is 23.9 Å². The number of para-hydroxylation sites is 1. The number of nitro groups is 1. The Morgan fingerprint density at radius 2 is 1.89 bits per heavy atom. The van der Waals surface area contributed by atoms with Crippen molar-refractivity contribution in [2.24, 2.45) is 0 Å². The lowest BCUT2D eigenvalue weighted by Gasteiger charge is -2.14. The number of methoxy groups -OCH3 is 1. The van der Waals surface area contributed by atoms with E-state index in [2.05, 4.69) is 9.97 Å². The highest BCUT2D eigenvalue weighted by Gasteiger charge is 2.22. The van der Waals surface area contributed by atoms with Gasteiger partial charge in [0, 0.05) is 12.3 Å². The maximum absolute atomic E-state index is 12.3. The van der Waals surface area contributed by atoms with E-state index in [4.69, 9.17) is 9.47 Å². The Kier molecular flexibility index (Phi) is 4.98. The number of esters is 1. The van der Waals surface area contributed by atoms with Crippen LogP contribution in [0.5, 0.6) is 5.75 Å². The number of hydrogen-bond acceptors (Lipinski definition) is 7. The molecule has 27 heavy (non-hydrogen) atoms. The van der Waals surface area contributed by atoms with Crippen molar-refractivity contribution in [2.45, 2.75) is 20.5 Å². The summed E-state index contributed by atoms with van der Waals surface area (Å²) in [5, 5.41) is 12.0. The molecule has 0 amide bonds. The number of ether oxygens (including phenoxy) is 2. The summed E-state index contributed by atoms with van der Waals surface area (Å²) in [5.74, 6) is -0.915. The van der Waals surface area contributed by atoms with E-state index in [0.717, 1.165) is 5.39 Å². The average molecular weight is 367 g/mol. The molecule has 1 aromatic carbocycles. The summed E-state index contributed by atoms with van der Waals surface area (Å²) >= 11 is 0. The Morgan fingerprint density at radius 3 is 2.59 bits per heavy atom. The monoisotopic (exact) mass is 367 g/mol. The largest absolute Gasteiger partial charge is 0.479 e. The van der Waals surface area contributed by atoms with E-state index in [-0.39, 0.29) is 18.2 Å². The topological polar surface area (TPSA) is 104 Å². The molecule has 2 heterocycles. The van der Waals surface area contributed by atoms with Gasteiger partial charge in [-0.15, -0.1) is 0 Å². The molecule has 0 atom stereocenters. The fourth-order valence-corrected chi connectivity index (χ4v) is 2.84. The molecule has 0 saturated heterocycles. The van der Waals surface area contributed by atoms with Gasteiger partial charge < -0.3 is 19.6 Å². The summed E-state index contributed by atoms with van der Waals surface area (Å²) in [7, 11) is 1.29. The minimum absolute atomic E-state index is 0.00836. The van der Waals surface area contributed by atoms with Gasteiger partial charge in [-0.2, -0.15) is 0 Å². The highest BCUT2D eigenvalue weighted by molar-refractivity contribution is 5.98. The van der Waals surface area contributed by atoms with Crippen LogP contribution in [-0.2, 0) is 11.3 Å². The Hall–Kier alpha value is -3.55. The van der Waals surface area contributed by atoms with Gasteiger partial charge >= 0.3 is 11.8 Å². The van der Waals surface area contributed by atoms with Crippen LogP contribution in [-0.4, -0.2) is 28.0 Å². The summed E-state index contributed by atoms with van der Waals surface area (Å²) in [6, 6.07) is 10.5. The number of hydrogen-bond donors (Lipinski definition) is 0. The molecule has 2 aromatic heterocycles. The standard InChI is InChI=1S/C19H17N3O5/c1-11-8-9-16(18(20-11)22(24)25)27-10-15-17(19(23)26-3)12(2)13-6-4-5-7-14(13)21-15/h4-9H,10H2,1-3H3. The number of carbonyl (C=O) groups excluding carboxylic acids is 1. The lowest BCUT2D eigenvalue weighted by atomic mass is 10.0. The number of rotatable bonds is 5. The summed E-state index contributed by atoms with van der Waals surface area (Å²) in [5.41, 5.74) is 2.54. The number of carbonyl (C=O) groups is 1. The number of aromatic nitrogens is 2. The zero-order chi connectivity index (χ0) is 19.6. The van der Waals surface area contributed by atoms with Crippen LogP contribution < -0.4 is 4.74 Å². The SMILES string of the molecule is COC(=O)c1c(COc2ccc(C)nc2[N+](=O)[O-])nc2ccccc2c1C. The lowest BCUT2D eigenvalue weighted by molar-refractivity contribution is -0.390. The predicted octanol–water partition coefficient (Wildman–Crippen LogP) is 3.52. The normalized spacial score (nSPS) is 10.6. The van der Waals surface area contributed by atoms with Crippen molar-refractivity contribution in [2.75, 3.05) is 7.11 Å². The van der Waals surface area contributed by atoms with E-state index >= 15 is 0 Å². The first-order chi connectivity index (χ1) is 12.9. The van der Waals surface area contributed by atoms with E-state index in [1.54, 1.807) is 19.9 Å². The molecular formula is C19H17N3O5. The van der Waals surface area contributed by atoms with Crippen LogP contribution >= 0.6 is 0 Å². The minimum atomic E-state index is -0.609. The van der Waals surface area contributed by atoms with Crippen molar-refractivity contribution in [1.82, 2.24) is 9.97 Å². The zero-order valence-electron chi connectivity index (χ0n) is 15.1. The quantitative estimate of drug-likeness (QED) is 0.386. The van der Waals surface area contributed by atoms with E-state index in [0.29, 0.717) is 28.0 Å². The number of fused-ring (bicyclic) bond motifs is 1. The lowest BCUT2D eigenvalue weighted by Crippen LogP contribution is -2.13. The number of nitrogens with zero attached hydrogens (tertiary/aromatic N) is 3. The number of pyridine rings is 2. The first-order valence-electron chi connectivity index (χ1n) is 8.13. The second kappa shape index (κ2) is 7.36. The molecule has 0 fully saturated rings. The van der Waals surface area contributed by atoms with Gasteiger partial charge in [-0.3, -0.25) is 0 Å². The van der Waals surface area contributed by atoms with Gasteiger partial charge in [0.25, 0.3) is 0 Å². The van der Waals surface area contributed by atoms with E-state index in [1.807, 2.05) is 24.3 Å². The van der Waals surface area contributed by atoms with Crippen LogP contribution in [0.25, 0.3) is 10.9 Å². The first-order valence-corrected chi connectivity index (χ1v) is 8.13. The van der Waals surface area contributed by atoms with Crippen molar-refractivity contribution in [3.05, 3.63) is 69.0 Å². The Morgan fingerprint density at radius 1 is 1.15 bits per heavy atom. The third-order valence-electron chi connectivity index (χ3n) is 4.13. The Bertz CT molecular complexity index is 1050. The number of benzene rings is 1. The van der Waals surface area contributed by atoms with E-state index in [9.17, 15) is 14.9 Å².